The van der Waals surface area contributed by atoms with Gasteiger partial charge in [0.2, 0.25) is 0 Å². The predicted molar refractivity (Wildman–Crippen MR) is 69.0 cm³/mol. The van der Waals surface area contributed by atoms with Gasteiger partial charge in [-0.3, -0.25) is 0 Å². The fraction of sp³-hybridized carbons (Fsp3) is 0.182. The first-order valence-electron chi connectivity index (χ1n) is 4.63. The maximum atomic E-state index is 12.7. The number of aryl methyl sites for hydroxylation is 1. The van der Waals surface area contributed by atoms with Gasteiger partial charge in [0.25, 0.3) is 0 Å². The van der Waals surface area contributed by atoms with E-state index in [0.717, 1.165) is 5.56 Å². The number of nitrogens with two attached hydrogens (primary N) is 1. The summed E-state index contributed by atoms with van der Waals surface area (Å²) in [4.78, 5) is 4.21. The average molecular weight is 279 g/mol. The highest BCUT2D eigenvalue weighted by Crippen LogP contribution is 2.23. The molecule has 0 fully saturated rings. The molecule has 0 amide bonds. The quantitative estimate of drug-likeness (QED) is 0.919. The van der Waals surface area contributed by atoms with Gasteiger partial charge >= 0.3 is 0 Å². The van der Waals surface area contributed by atoms with Crippen molar-refractivity contribution in [3.63, 3.8) is 0 Å². The van der Waals surface area contributed by atoms with Gasteiger partial charge in [0, 0.05) is 12.5 Å². The highest BCUT2D eigenvalue weighted by Gasteiger charge is 2.11. The monoisotopic (exact) mass is 278 g/mol. The third kappa shape index (κ3) is 3.43. The van der Waals surface area contributed by atoms with Crippen molar-refractivity contribution in [3.05, 3.63) is 41.7 Å². The summed E-state index contributed by atoms with van der Waals surface area (Å²) in [7, 11) is 0. The Morgan fingerprint density at radius 2 is 1.82 bits per heavy atom. The van der Waals surface area contributed by atoms with Crippen LogP contribution in [0.25, 0.3) is 11.3 Å². The van der Waals surface area contributed by atoms with Crippen molar-refractivity contribution in [2.75, 3.05) is 0 Å². The minimum absolute atomic E-state index is 0. The van der Waals surface area contributed by atoms with Gasteiger partial charge < -0.3 is 10.2 Å². The zero-order valence-electron chi connectivity index (χ0n) is 9.14. The van der Waals surface area contributed by atoms with E-state index in [9.17, 15) is 4.39 Å². The van der Waals surface area contributed by atoms with E-state index in [-0.39, 0.29) is 37.2 Å². The number of benzene rings is 1. The molecule has 0 aliphatic rings. The molecule has 0 bridgehead atoms. The summed E-state index contributed by atoms with van der Waals surface area (Å²) in [6, 6.07) is 6.09. The van der Waals surface area contributed by atoms with Crippen molar-refractivity contribution in [3.8, 4) is 11.3 Å². The lowest BCUT2D eigenvalue weighted by Gasteiger charge is -1.98. The average Bonchev–Trinajstić information content (AvgIpc) is 2.61. The maximum absolute atomic E-state index is 12.7. The van der Waals surface area contributed by atoms with Crippen LogP contribution in [0.15, 0.2) is 28.7 Å². The van der Waals surface area contributed by atoms with Crippen molar-refractivity contribution in [2.24, 2.45) is 5.73 Å². The minimum Gasteiger partial charge on any atom is -0.444 e. The van der Waals surface area contributed by atoms with E-state index in [1.165, 1.54) is 12.1 Å². The topological polar surface area (TPSA) is 52.0 Å². The Hall–Kier alpha value is -1.10. The standard InChI is InChI=1S/C11H11FN2O.2ClH/c1-7-14-11(10(6-13)15-7)8-2-4-9(12)5-3-8;;/h2-5H,6,13H2,1H3;2*1H. The molecule has 0 atom stereocenters. The van der Waals surface area contributed by atoms with Gasteiger partial charge in [0.05, 0.1) is 6.54 Å². The molecule has 1 heterocycles. The van der Waals surface area contributed by atoms with Crippen LogP contribution in [0.5, 0.6) is 0 Å². The molecule has 2 rings (SSSR count). The van der Waals surface area contributed by atoms with Gasteiger partial charge in [0.1, 0.15) is 17.3 Å². The van der Waals surface area contributed by atoms with E-state index in [1.54, 1.807) is 19.1 Å². The first-order valence-corrected chi connectivity index (χ1v) is 4.63. The molecule has 0 saturated carbocycles. The third-order valence-corrected chi connectivity index (χ3v) is 2.11. The Morgan fingerprint density at radius 3 is 2.35 bits per heavy atom. The minimum atomic E-state index is -0.270. The summed E-state index contributed by atoms with van der Waals surface area (Å²) >= 11 is 0. The van der Waals surface area contributed by atoms with Crippen LogP contribution in [-0.4, -0.2) is 4.98 Å². The molecular formula is C11H13Cl2FN2O. The number of halogens is 3. The lowest BCUT2D eigenvalue weighted by molar-refractivity contribution is 0.477. The summed E-state index contributed by atoms with van der Waals surface area (Å²) < 4.78 is 18.0. The van der Waals surface area contributed by atoms with E-state index in [1.807, 2.05) is 0 Å². The fourth-order valence-electron chi connectivity index (χ4n) is 1.44. The van der Waals surface area contributed by atoms with E-state index in [4.69, 9.17) is 10.2 Å². The molecule has 2 N–H and O–H groups in total. The molecule has 3 nitrogen and oxygen atoms in total. The van der Waals surface area contributed by atoms with Crippen LogP contribution in [0, 0.1) is 12.7 Å². The lowest BCUT2D eigenvalue weighted by Crippen LogP contribution is -1.96. The Kier molecular flexibility index (Phi) is 6.16. The van der Waals surface area contributed by atoms with Crippen molar-refractivity contribution >= 4 is 24.8 Å². The molecule has 0 saturated heterocycles. The van der Waals surface area contributed by atoms with Gasteiger partial charge in [-0.25, -0.2) is 9.37 Å². The van der Waals surface area contributed by atoms with Gasteiger partial charge in [-0.05, 0) is 24.3 Å². The van der Waals surface area contributed by atoms with Gasteiger partial charge in [-0.15, -0.1) is 24.8 Å². The van der Waals surface area contributed by atoms with Gasteiger partial charge in [-0.2, -0.15) is 0 Å². The largest absolute Gasteiger partial charge is 0.444 e. The zero-order valence-corrected chi connectivity index (χ0v) is 10.8. The second-order valence-electron chi connectivity index (χ2n) is 3.22. The Balaban J connectivity index is 0.00000128. The molecule has 0 radical (unpaired) electrons. The first-order chi connectivity index (χ1) is 7.20. The highest BCUT2D eigenvalue weighted by molar-refractivity contribution is 5.85. The fourth-order valence-corrected chi connectivity index (χ4v) is 1.44. The molecule has 1 aromatic heterocycles. The van der Waals surface area contributed by atoms with Crippen LogP contribution in [0.2, 0.25) is 0 Å². The molecule has 17 heavy (non-hydrogen) atoms. The van der Waals surface area contributed by atoms with Crippen LogP contribution in [0.1, 0.15) is 11.7 Å². The number of hydrogen-bond donors (Lipinski definition) is 1. The van der Waals surface area contributed by atoms with Crippen LogP contribution in [0.4, 0.5) is 4.39 Å². The van der Waals surface area contributed by atoms with Crippen molar-refractivity contribution in [2.45, 2.75) is 13.5 Å². The maximum Gasteiger partial charge on any atom is 0.191 e. The Morgan fingerprint density at radius 1 is 1.24 bits per heavy atom. The summed E-state index contributed by atoms with van der Waals surface area (Å²) in [5, 5.41) is 0. The molecular weight excluding hydrogens is 266 g/mol. The van der Waals surface area contributed by atoms with E-state index in [0.29, 0.717) is 17.3 Å². The predicted octanol–water partition coefficient (Wildman–Crippen LogP) is 3.09. The normalized spacial score (nSPS) is 9.35. The second kappa shape index (κ2) is 6.59. The molecule has 2 aromatic rings. The summed E-state index contributed by atoms with van der Waals surface area (Å²) in [5.41, 5.74) is 7.03. The molecule has 0 aliphatic carbocycles. The molecule has 0 unspecified atom stereocenters. The van der Waals surface area contributed by atoms with Crippen molar-refractivity contribution in [1.82, 2.24) is 4.98 Å². The molecule has 94 valence electrons. The Bertz CT molecular complexity index is 471. The van der Waals surface area contributed by atoms with Crippen LogP contribution in [-0.2, 0) is 6.54 Å². The van der Waals surface area contributed by atoms with Gasteiger partial charge in [0.15, 0.2) is 5.89 Å². The molecule has 0 aliphatic heterocycles. The first kappa shape index (κ1) is 15.9. The molecule has 0 spiro atoms. The SMILES string of the molecule is Cc1nc(-c2ccc(F)cc2)c(CN)o1.Cl.Cl. The van der Waals surface area contributed by atoms with Gasteiger partial charge in [-0.1, -0.05) is 0 Å². The van der Waals surface area contributed by atoms with Crippen LogP contribution >= 0.6 is 24.8 Å². The van der Waals surface area contributed by atoms with E-state index < -0.39 is 0 Å². The van der Waals surface area contributed by atoms with Crippen molar-refractivity contribution < 1.29 is 8.81 Å². The number of nitrogens with zero attached hydrogens (tertiary/aromatic N) is 1. The summed E-state index contributed by atoms with van der Waals surface area (Å²) in [6.07, 6.45) is 0. The summed E-state index contributed by atoms with van der Waals surface area (Å²) in [6.45, 7) is 2.04. The molecule has 1 aromatic carbocycles. The Labute approximate surface area is 111 Å². The van der Waals surface area contributed by atoms with E-state index >= 15 is 0 Å². The van der Waals surface area contributed by atoms with E-state index in [2.05, 4.69) is 4.98 Å². The molecule has 6 heteroatoms. The second-order valence-corrected chi connectivity index (χ2v) is 3.22. The third-order valence-electron chi connectivity index (χ3n) is 2.11. The number of oxazole rings is 1. The number of hydrogen-bond acceptors (Lipinski definition) is 3. The zero-order chi connectivity index (χ0) is 10.8. The smallest absolute Gasteiger partial charge is 0.191 e. The highest BCUT2D eigenvalue weighted by atomic mass is 35.5. The van der Waals surface area contributed by atoms with Crippen LogP contribution < -0.4 is 5.73 Å². The van der Waals surface area contributed by atoms with Crippen molar-refractivity contribution in [1.29, 1.82) is 0 Å². The number of aromatic nitrogens is 1. The number of rotatable bonds is 2. The lowest BCUT2D eigenvalue weighted by atomic mass is 10.1. The summed E-state index contributed by atoms with van der Waals surface area (Å²) in [5.74, 6) is 0.919. The van der Waals surface area contributed by atoms with Crippen LogP contribution in [0.3, 0.4) is 0 Å².